The number of aromatic nitrogens is 8. The number of fused-ring (bicyclic) bond motifs is 5. The SMILES string of the molecule is Cc1nc(C)c2ncn([C@@H]3O[C@@H]4COP(=O)([O-])OC5[C@@H](COP(=O)(O)O[C@H]3C4C)O[C@@H]([n+]3c[nH]c4c(C)nc(C)nc43)[C@H]5C)c2n1. The second kappa shape index (κ2) is 11.4. The number of hydrogen-bond acceptors (Lipinski definition) is 14. The Morgan fingerprint density at radius 2 is 1.65 bits per heavy atom. The predicted octanol–water partition coefficient (Wildman–Crippen LogP) is 1.77. The Labute approximate surface area is 262 Å². The molecule has 20 heteroatoms. The molecule has 2 N–H and O–H groups in total. The first-order valence-electron chi connectivity index (χ1n) is 14.7. The third-order valence-corrected chi connectivity index (χ3v) is 10.6. The molecule has 0 spiro atoms. The number of aryl methyl sites for hydroxylation is 4. The quantitative estimate of drug-likeness (QED) is 0.227. The smallest absolute Gasteiger partial charge is 0.472 e. The summed E-state index contributed by atoms with van der Waals surface area (Å²) in [5, 5.41) is 0. The fourth-order valence-electron chi connectivity index (χ4n) is 6.43. The number of ether oxygens (including phenoxy) is 2. The number of imidazole rings is 2. The van der Waals surface area contributed by atoms with Crippen LogP contribution in [0.1, 0.15) is 49.3 Å². The van der Waals surface area contributed by atoms with Crippen molar-refractivity contribution in [3.63, 3.8) is 0 Å². The number of phosphoric acid groups is 2. The van der Waals surface area contributed by atoms with E-state index in [4.69, 9.17) is 27.6 Å². The van der Waals surface area contributed by atoms with Gasteiger partial charge in [0.05, 0.1) is 37.0 Å². The van der Waals surface area contributed by atoms with Gasteiger partial charge in [0.2, 0.25) is 5.82 Å². The van der Waals surface area contributed by atoms with Crippen molar-refractivity contribution in [1.29, 1.82) is 0 Å². The summed E-state index contributed by atoms with van der Waals surface area (Å²) < 4.78 is 64.6. The van der Waals surface area contributed by atoms with Crippen molar-refractivity contribution in [2.45, 2.75) is 78.4 Å². The molecule has 3 aliphatic rings. The molecule has 0 amide bonds. The fraction of sp³-hybridized carbons (Fsp3) is 0.615. The maximum atomic E-state index is 13.5. The molecule has 4 unspecified atom stereocenters. The topological polar surface area (TPSA) is 222 Å². The third kappa shape index (κ3) is 5.60. The zero-order valence-electron chi connectivity index (χ0n) is 25.8. The standard InChI is InChI=1S/C26H34N8O10P2/c1-11-17-7-39-45(35,36)43-21-12(2)25(33-9-27-19-13(3)29-15(5)31-23(19)33)42-18(21)8-40-46(37,38)44-22(11)26(41-17)34-10-28-20-14(4)30-16(6)32-24(20)34/h9-12,17-18,21-22,25-26H,7-8H2,1-6H3,(H2,35,36,37,38)/t11?,12-,17+,18+,21?,22-,25+,26+/m0/s1. The molecule has 2 bridgehead atoms. The number of nitrogens with zero attached hydrogens (tertiary/aromatic N) is 7. The average Bonchev–Trinajstić information content (AvgIpc) is 3.72. The van der Waals surface area contributed by atoms with Gasteiger partial charge in [-0.3, -0.25) is 23.2 Å². The van der Waals surface area contributed by atoms with E-state index < -0.39 is 77.6 Å². The van der Waals surface area contributed by atoms with Crippen molar-refractivity contribution in [1.82, 2.24) is 34.5 Å². The van der Waals surface area contributed by atoms with Gasteiger partial charge < -0.3 is 28.3 Å². The minimum Gasteiger partial charge on any atom is -0.756 e. The lowest BCUT2D eigenvalue weighted by molar-refractivity contribution is -0.744. The number of rotatable bonds is 2. The highest BCUT2D eigenvalue weighted by molar-refractivity contribution is 7.47. The molecule has 18 nitrogen and oxygen atoms in total. The molecule has 10 atom stereocenters. The molecule has 3 fully saturated rings. The molecule has 3 aliphatic heterocycles. The van der Waals surface area contributed by atoms with Gasteiger partial charge >= 0.3 is 13.5 Å². The molecule has 0 radical (unpaired) electrons. The lowest BCUT2D eigenvalue weighted by Crippen LogP contribution is -2.42. The van der Waals surface area contributed by atoms with Crippen molar-refractivity contribution in [2.75, 3.05) is 13.2 Å². The van der Waals surface area contributed by atoms with Gasteiger partial charge in [-0.1, -0.05) is 18.8 Å². The molecule has 7 rings (SSSR count). The van der Waals surface area contributed by atoms with Gasteiger partial charge in [0.15, 0.2) is 29.9 Å². The van der Waals surface area contributed by atoms with E-state index in [0.717, 1.165) is 5.69 Å². The van der Waals surface area contributed by atoms with Crippen LogP contribution in [0.25, 0.3) is 22.3 Å². The monoisotopic (exact) mass is 680 g/mol. The summed E-state index contributed by atoms with van der Waals surface area (Å²) in [6, 6.07) is 0. The van der Waals surface area contributed by atoms with Gasteiger partial charge in [0, 0.05) is 18.8 Å². The summed E-state index contributed by atoms with van der Waals surface area (Å²) in [5.74, 6) is -0.224. The van der Waals surface area contributed by atoms with Gasteiger partial charge in [-0.05, 0) is 20.8 Å². The molecular formula is C26H34N8O10P2. The van der Waals surface area contributed by atoms with E-state index in [2.05, 4.69) is 29.9 Å². The molecule has 4 aromatic rings. The van der Waals surface area contributed by atoms with Crippen LogP contribution in [0.3, 0.4) is 0 Å². The normalized spacial score (nSPS) is 37.2. The van der Waals surface area contributed by atoms with Crippen LogP contribution in [0.5, 0.6) is 0 Å². The molecule has 4 aromatic heterocycles. The second-order valence-electron chi connectivity index (χ2n) is 11.9. The van der Waals surface area contributed by atoms with E-state index >= 15 is 0 Å². The van der Waals surface area contributed by atoms with E-state index in [9.17, 15) is 18.9 Å². The number of H-pyrrole nitrogens is 1. The number of aromatic amines is 1. The number of nitrogens with one attached hydrogen (secondary N) is 1. The maximum Gasteiger partial charge on any atom is 0.472 e. The molecule has 3 saturated heterocycles. The van der Waals surface area contributed by atoms with Crippen molar-refractivity contribution < 1.29 is 51.1 Å². The molecule has 0 aliphatic carbocycles. The highest BCUT2D eigenvalue weighted by atomic mass is 31.2. The van der Waals surface area contributed by atoms with E-state index in [0.29, 0.717) is 39.7 Å². The largest absolute Gasteiger partial charge is 0.756 e. The van der Waals surface area contributed by atoms with E-state index in [1.807, 2.05) is 6.92 Å². The van der Waals surface area contributed by atoms with Crippen LogP contribution in [0.15, 0.2) is 12.7 Å². The van der Waals surface area contributed by atoms with Crippen LogP contribution in [0, 0.1) is 39.5 Å². The van der Waals surface area contributed by atoms with Crippen LogP contribution in [0.4, 0.5) is 0 Å². The number of phosphoric ester groups is 2. The minimum atomic E-state index is -4.97. The summed E-state index contributed by atoms with van der Waals surface area (Å²) in [5.41, 5.74) is 3.48. The predicted molar refractivity (Wildman–Crippen MR) is 154 cm³/mol. The number of hydrogen-bond donors (Lipinski definition) is 2. The average molecular weight is 681 g/mol. The molecule has 7 heterocycles. The van der Waals surface area contributed by atoms with Crippen LogP contribution in [0.2, 0.25) is 0 Å². The Hall–Kier alpha value is -2.76. The Kier molecular flexibility index (Phi) is 7.91. The molecular weight excluding hydrogens is 646 g/mol. The Balaban J connectivity index is 1.21. The van der Waals surface area contributed by atoms with Gasteiger partial charge in [-0.2, -0.15) is 0 Å². The van der Waals surface area contributed by atoms with Crippen molar-refractivity contribution in [3.8, 4) is 0 Å². The Morgan fingerprint density at radius 3 is 2.43 bits per heavy atom. The molecule has 46 heavy (non-hydrogen) atoms. The Bertz CT molecular complexity index is 1920. The zero-order valence-corrected chi connectivity index (χ0v) is 27.6. The first-order chi connectivity index (χ1) is 21.7. The molecule has 0 aromatic carbocycles. The molecule has 248 valence electrons. The summed E-state index contributed by atoms with van der Waals surface area (Å²) in [7, 11) is -9.76. The van der Waals surface area contributed by atoms with Crippen LogP contribution >= 0.6 is 15.6 Å². The van der Waals surface area contributed by atoms with E-state index in [1.54, 1.807) is 50.1 Å². The lowest BCUT2D eigenvalue weighted by Gasteiger charge is -2.31. The second-order valence-corrected chi connectivity index (χ2v) is 14.7. The summed E-state index contributed by atoms with van der Waals surface area (Å²) in [6.45, 7) is 9.54. The minimum absolute atomic E-state index is 0.415. The van der Waals surface area contributed by atoms with Gasteiger partial charge in [0.1, 0.15) is 29.7 Å². The van der Waals surface area contributed by atoms with Crippen molar-refractivity contribution in [2.24, 2.45) is 11.8 Å². The van der Waals surface area contributed by atoms with Crippen molar-refractivity contribution in [3.05, 3.63) is 35.7 Å². The molecule has 0 saturated carbocycles. The van der Waals surface area contributed by atoms with Crippen LogP contribution < -0.4 is 9.46 Å². The van der Waals surface area contributed by atoms with Crippen LogP contribution in [-0.4, -0.2) is 77.0 Å². The third-order valence-electron chi connectivity index (χ3n) is 8.68. The fourth-order valence-corrected chi connectivity index (χ4v) is 8.45. The first kappa shape index (κ1) is 31.8. The zero-order chi connectivity index (χ0) is 32.7. The summed E-state index contributed by atoms with van der Waals surface area (Å²) >= 11 is 0. The lowest BCUT2D eigenvalue weighted by atomic mass is 10.0. The first-order valence-corrected chi connectivity index (χ1v) is 17.7. The maximum absolute atomic E-state index is 13.5. The van der Waals surface area contributed by atoms with E-state index in [1.165, 1.54) is 6.33 Å². The van der Waals surface area contributed by atoms with Gasteiger partial charge in [-0.15, -0.1) is 0 Å². The summed E-state index contributed by atoms with van der Waals surface area (Å²) in [4.78, 5) is 49.5. The van der Waals surface area contributed by atoms with Gasteiger partial charge in [0.25, 0.3) is 7.82 Å². The van der Waals surface area contributed by atoms with Crippen LogP contribution in [-0.2, 0) is 36.7 Å². The Morgan fingerprint density at radius 1 is 0.935 bits per heavy atom. The van der Waals surface area contributed by atoms with Crippen molar-refractivity contribution >= 4 is 38.0 Å². The van der Waals surface area contributed by atoms with E-state index in [-0.39, 0.29) is 0 Å². The van der Waals surface area contributed by atoms with Gasteiger partial charge in [-0.25, -0.2) is 29.1 Å². The highest BCUT2D eigenvalue weighted by Crippen LogP contribution is 2.54. The summed E-state index contributed by atoms with van der Waals surface area (Å²) in [6.07, 6.45) is -2.97. The highest BCUT2D eigenvalue weighted by Gasteiger charge is 2.52.